The van der Waals surface area contributed by atoms with Crippen molar-refractivity contribution in [1.82, 2.24) is 4.72 Å². The van der Waals surface area contributed by atoms with Crippen LogP contribution < -0.4 is 9.46 Å². The second-order valence-corrected chi connectivity index (χ2v) is 15.4. The van der Waals surface area contributed by atoms with Gasteiger partial charge in [0.2, 0.25) is 10.0 Å². The van der Waals surface area contributed by atoms with Gasteiger partial charge in [0.1, 0.15) is 4.75 Å². The molecule has 2 aliphatic carbocycles. The van der Waals surface area contributed by atoms with Gasteiger partial charge in [-0.05, 0) is 68.4 Å². The number of hydrogen-bond donors (Lipinski definition) is 1. The summed E-state index contributed by atoms with van der Waals surface area (Å²) in [7, 11) is -7.95. The molecule has 2 fully saturated rings. The van der Waals surface area contributed by atoms with E-state index >= 15 is 4.39 Å². The Hall–Kier alpha value is -1.46. The molecule has 1 N–H and O–H groups in total. The monoisotopic (exact) mass is 607 g/mol. The highest BCUT2D eigenvalue weighted by Gasteiger charge is 2.60. The summed E-state index contributed by atoms with van der Waals surface area (Å²) in [5.41, 5.74) is -0.421. The minimum Gasteiger partial charge on any atom is -0.490 e. The van der Waals surface area contributed by atoms with Gasteiger partial charge in [0.15, 0.2) is 27.2 Å². The first-order chi connectivity index (χ1) is 17.9. The van der Waals surface area contributed by atoms with Crippen LogP contribution in [0.2, 0.25) is 10.0 Å². The molecule has 1 aliphatic heterocycles. The van der Waals surface area contributed by atoms with Crippen molar-refractivity contribution in [3.63, 3.8) is 0 Å². The van der Waals surface area contributed by atoms with E-state index in [1.54, 1.807) is 0 Å². The van der Waals surface area contributed by atoms with Crippen LogP contribution in [-0.2, 0) is 24.6 Å². The molecule has 0 bridgehead atoms. The minimum absolute atomic E-state index is 0.0918. The molecule has 0 spiro atoms. The quantitative estimate of drug-likeness (QED) is 0.407. The third-order valence-electron chi connectivity index (χ3n) is 8.19. The number of fused-ring (bicyclic) bond motifs is 3. The summed E-state index contributed by atoms with van der Waals surface area (Å²) < 4.78 is 91.7. The maximum atomic E-state index is 15.6. The number of ether oxygens (including phenoxy) is 1. The molecular weight excluding hydrogens is 579 g/mol. The molecule has 0 unspecified atom stereocenters. The van der Waals surface area contributed by atoms with Crippen molar-refractivity contribution in [2.45, 2.75) is 67.1 Å². The highest BCUT2D eigenvalue weighted by Crippen LogP contribution is 2.58. The molecule has 0 aromatic heterocycles. The Bertz CT molecular complexity index is 1430. The molecule has 0 radical (unpaired) electrons. The highest BCUT2D eigenvalue weighted by atomic mass is 35.5. The van der Waals surface area contributed by atoms with E-state index in [1.807, 2.05) is 0 Å². The van der Waals surface area contributed by atoms with Gasteiger partial charge < -0.3 is 4.74 Å². The van der Waals surface area contributed by atoms with Crippen LogP contribution in [0.25, 0.3) is 0 Å². The van der Waals surface area contributed by atoms with Gasteiger partial charge >= 0.3 is 0 Å². The molecule has 208 valence electrons. The lowest BCUT2D eigenvalue weighted by atomic mass is 9.69. The molecule has 1 heterocycles. The lowest BCUT2D eigenvalue weighted by Gasteiger charge is -2.49. The van der Waals surface area contributed by atoms with Gasteiger partial charge in [0, 0.05) is 17.0 Å². The van der Waals surface area contributed by atoms with Crippen LogP contribution in [0.15, 0.2) is 35.2 Å². The first-order valence-corrected chi connectivity index (χ1v) is 16.6. The molecule has 12 heteroatoms. The fourth-order valence-electron chi connectivity index (χ4n) is 6.44. The van der Waals surface area contributed by atoms with E-state index in [2.05, 4.69) is 4.72 Å². The number of nitrogens with one attached hydrogen (secondary N) is 1. The Morgan fingerprint density at radius 2 is 1.68 bits per heavy atom. The summed E-state index contributed by atoms with van der Waals surface area (Å²) in [5.74, 6) is -3.84. The third-order valence-corrected chi connectivity index (χ3v) is 12.9. The molecule has 2 aromatic rings. The summed E-state index contributed by atoms with van der Waals surface area (Å²) in [4.78, 5) is -0.0930. The number of halogens is 4. The standard InChI is InChI=1S/C26H29Cl2F2NO5S2/c27-18-6-8-20(9-7-18)38(34,35)26-11-10-16(15-37(32,33)31-19-4-2-1-3-5-19)12-17(26)14-36-25-22(29)13-21(28)24(30)23(25)26/h6-9,13,16-17,19,31H,1-5,10-12,14-15H2/t16-,17-,26+/m1/s1. The molecule has 2 aromatic carbocycles. The zero-order valence-electron chi connectivity index (χ0n) is 20.6. The summed E-state index contributed by atoms with van der Waals surface area (Å²) >= 11 is 12.0. The van der Waals surface area contributed by atoms with Crippen molar-refractivity contribution in [1.29, 1.82) is 0 Å². The summed E-state index contributed by atoms with van der Waals surface area (Å²) in [6.07, 6.45) is 4.86. The smallest absolute Gasteiger partial charge is 0.212 e. The van der Waals surface area contributed by atoms with Crippen LogP contribution in [0, 0.1) is 23.5 Å². The molecule has 2 saturated carbocycles. The molecule has 3 atom stereocenters. The predicted octanol–water partition coefficient (Wildman–Crippen LogP) is 6.00. The number of rotatable bonds is 6. The van der Waals surface area contributed by atoms with E-state index in [0.29, 0.717) is 5.02 Å². The van der Waals surface area contributed by atoms with E-state index in [0.717, 1.165) is 38.2 Å². The lowest BCUT2D eigenvalue weighted by molar-refractivity contribution is 0.103. The zero-order valence-corrected chi connectivity index (χ0v) is 23.7. The van der Waals surface area contributed by atoms with Crippen molar-refractivity contribution in [3.8, 4) is 5.75 Å². The SMILES string of the molecule is O=S(=O)(C[C@@H]1CC[C@@]2(S(=O)(=O)c3ccc(Cl)cc3)c3c(F)c(Cl)cc(F)c3OC[C@H]2C1)NC1CCCCC1. The largest absolute Gasteiger partial charge is 0.490 e. The van der Waals surface area contributed by atoms with Crippen LogP contribution in [0.3, 0.4) is 0 Å². The molecule has 3 aliphatic rings. The Morgan fingerprint density at radius 1 is 1.00 bits per heavy atom. The van der Waals surface area contributed by atoms with Crippen molar-refractivity contribution in [2.24, 2.45) is 11.8 Å². The number of sulfone groups is 1. The van der Waals surface area contributed by atoms with Gasteiger partial charge in [-0.3, -0.25) is 0 Å². The molecular formula is C26H29Cl2F2NO5S2. The van der Waals surface area contributed by atoms with Crippen LogP contribution in [0.4, 0.5) is 8.78 Å². The van der Waals surface area contributed by atoms with E-state index in [4.69, 9.17) is 27.9 Å². The Balaban J connectivity index is 1.53. The number of sulfonamides is 1. The summed E-state index contributed by atoms with van der Waals surface area (Å²) in [6.45, 7) is -0.204. The highest BCUT2D eigenvalue weighted by molar-refractivity contribution is 7.92. The second kappa shape index (κ2) is 10.5. The van der Waals surface area contributed by atoms with Gasteiger partial charge in [0.25, 0.3) is 0 Å². The Labute approximate surface area is 232 Å². The van der Waals surface area contributed by atoms with Gasteiger partial charge in [-0.25, -0.2) is 30.3 Å². The second-order valence-electron chi connectivity index (χ2n) is 10.6. The first-order valence-electron chi connectivity index (χ1n) is 12.8. The van der Waals surface area contributed by atoms with E-state index in [1.165, 1.54) is 24.3 Å². The fraction of sp³-hybridized carbons (Fsp3) is 0.538. The average molecular weight is 609 g/mol. The molecule has 38 heavy (non-hydrogen) atoms. The van der Waals surface area contributed by atoms with Crippen LogP contribution in [-0.4, -0.2) is 35.2 Å². The van der Waals surface area contributed by atoms with Gasteiger partial charge in [-0.1, -0.05) is 42.5 Å². The summed E-state index contributed by atoms with van der Waals surface area (Å²) in [6, 6.07) is 6.19. The lowest BCUT2D eigenvalue weighted by Crippen LogP contribution is -2.53. The maximum absolute atomic E-state index is 15.6. The third kappa shape index (κ3) is 4.96. The number of hydrogen-bond acceptors (Lipinski definition) is 5. The zero-order chi connectivity index (χ0) is 27.3. The topological polar surface area (TPSA) is 89.5 Å². The van der Waals surface area contributed by atoms with Crippen molar-refractivity contribution in [3.05, 3.63) is 57.6 Å². The van der Waals surface area contributed by atoms with Crippen LogP contribution in [0.5, 0.6) is 5.75 Å². The van der Waals surface area contributed by atoms with Gasteiger partial charge in [-0.2, -0.15) is 0 Å². The maximum Gasteiger partial charge on any atom is 0.212 e. The van der Waals surface area contributed by atoms with Crippen molar-refractivity contribution in [2.75, 3.05) is 12.4 Å². The molecule has 5 rings (SSSR count). The Morgan fingerprint density at radius 3 is 2.37 bits per heavy atom. The molecule has 0 saturated heterocycles. The van der Waals surface area contributed by atoms with Crippen LogP contribution >= 0.6 is 23.2 Å². The minimum atomic E-state index is -4.33. The molecule has 6 nitrogen and oxygen atoms in total. The van der Waals surface area contributed by atoms with Gasteiger partial charge in [-0.15, -0.1) is 0 Å². The van der Waals surface area contributed by atoms with E-state index in [-0.39, 0.29) is 48.5 Å². The van der Waals surface area contributed by atoms with Crippen molar-refractivity contribution >= 4 is 43.1 Å². The summed E-state index contributed by atoms with van der Waals surface area (Å²) in [5, 5.41) is -0.220. The normalized spacial score (nSPS) is 26.3. The van der Waals surface area contributed by atoms with E-state index in [9.17, 15) is 21.2 Å². The van der Waals surface area contributed by atoms with E-state index < -0.39 is 58.5 Å². The first kappa shape index (κ1) is 28.1. The number of benzene rings is 2. The van der Waals surface area contributed by atoms with Gasteiger partial charge in [0.05, 0.1) is 27.8 Å². The van der Waals surface area contributed by atoms with Crippen molar-refractivity contribution < 1.29 is 30.4 Å². The predicted molar refractivity (Wildman–Crippen MR) is 142 cm³/mol. The van der Waals surface area contributed by atoms with Crippen LogP contribution in [0.1, 0.15) is 56.9 Å². The fourth-order valence-corrected chi connectivity index (χ4v) is 10.9. The molecule has 0 amide bonds. The average Bonchev–Trinajstić information content (AvgIpc) is 2.87. The Kier molecular flexibility index (Phi) is 7.76.